The fraction of sp³-hybridized carbons (Fsp3) is 0.846. The zero-order valence-corrected chi connectivity index (χ0v) is 11.8. The molecule has 0 bridgehead atoms. The standard InChI is InChI=1S/C13H21NO3S/c1-8(2)12-14(10(7-18-12)13(16)17)11(15)9-5-3-4-6-9/h8-10,12H,3-7H2,1-2H3,(H,16,17). The van der Waals surface area contributed by atoms with Crippen LogP contribution in [0.15, 0.2) is 0 Å². The van der Waals surface area contributed by atoms with Gasteiger partial charge in [-0.2, -0.15) is 0 Å². The predicted octanol–water partition coefficient (Wildman–Crippen LogP) is 2.19. The van der Waals surface area contributed by atoms with Gasteiger partial charge in [0.1, 0.15) is 6.04 Å². The lowest BCUT2D eigenvalue weighted by molar-refractivity contribution is -0.151. The molecule has 1 aliphatic carbocycles. The summed E-state index contributed by atoms with van der Waals surface area (Å²) in [5.41, 5.74) is 0. The van der Waals surface area contributed by atoms with Crippen LogP contribution in [0.3, 0.4) is 0 Å². The van der Waals surface area contributed by atoms with Gasteiger partial charge in [0.15, 0.2) is 0 Å². The Morgan fingerprint density at radius 1 is 1.28 bits per heavy atom. The smallest absolute Gasteiger partial charge is 0.327 e. The molecule has 0 radical (unpaired) electrons. The minimum absolute atomic E-state index is 0.0270. The first kappa shape index (κ1) is 13.7. The Bertz CT molecular complexity index is 339. The molecule has 2 rings (SSSR count). The highest BCUT2D eigenvalue weighted by molar-refractivity contribution is 8.00. The molecule has 2 atom stereocenters. The topological polar surface area (TPSA) is 57.6 Å². The van der Waals surface area contributed by atoms with Crippen LogP contribution in [0, 0.1) is 11.8 Å². The van der Waals surface area contributed by atoms with Crippen molar-refractivity contribution in [2.24, 2.45) is 11.8 Å². The molecular weight excluding hydrogens is 250 g/mol. The van der Waals surface area contributed by atoms with Gasteiger partial charge in [-0.3, -0.25) is 4.79 Å². The number of carbonyl (C=O) groups is 2. The maximum Gasteiger partial charge on any atom is 0.327 e. The van der Waals surface area contributed by atoms with Crippen molar-refractivity contribution in [2.75, 3.05) is 5.75 Å². The second kappa shape index (κ2) is 5.51. The normalized spacial score (nSPS) is 29.2. The van der Waals surface area contributed by atoms with Gasteiger partial charge in [-0.15, -0.1) is 11.8 Å². The molecule has 2 fully saturated rings. The summed E-state index contributed by atoms with van der Waals surface area (Å²) in [5, 5.41) is 9.29. The van der Waals surface area contributed by atoms with Gasteiger partial charge in [0.05, 0.1) is 5.37 Å². The van der Waals surface area contributed by atoms with Crippen LogP contribution < -0.4 is 0 Å². The minimum Gasteiger partial charge on any atom is -0.480 e. The van der Waals surface area contributed by atoms with Crippen molar-refractivity contribution < 1.29 is 14.7 Å². The number of rotatable bonds is 3. The molecule has 2 aliphatic rings. The summed E-state index contributed by atoms with van der Waals surface area (Å²) < 4.78 is 0. The van der Waals surface area contributed by atoms with Crippen LogP contribution in [0.5, 0.6) is 0 Å². The first-order valence-corrected chi connectivity index (χ1v) is 7.74. The summed E-state index contributed by atoms with van der Waals surface area (Å²) in [4.78, 5) is 25.5. The Morgan fingerprint density at radius 3 is 2.39 bits per heavy atom. The molecule has 102 valence electrons. The average Bonchev–Trinajstić information content (AvgIpc) is 2.97. The van der Waals surface area contributed by atoms with E-state index in [9.17, 15) is 14.7 Å². The highest BCUT2D eigenvalue weighted by atomic mass is 32.2. The molecular formula is C13H21NO3S. The van der Waals surface area contributed by atoms with Crippen LogP contribution >= 0.6 is 11.8 Å². The number of carbonyl (C=O) groups excluding carboxylic acids is 1. The van der Waals surface area contributed by atoms with E-state index in [0.717, 1.165) is 25.7 Å². The molecule has 4 nitrogen and oxygen atoms in total. The van der Waals surface area contributed by atoms with Crippen LogP contribution in [-0.4, -0.2) is 39.1 Å². The summed E-state index contributed by atoms with van der Waals surface area (Å²) in [6.45, 7) is 4.10. The zero-order chi connectivity index (χ0) is 13.3. The van der Waals surface area contributed by atoms with E-state index >= 15 is 0 Å². The van der Waals surface area contributed by atoms with Gasteiger partial charge in [-0.1, -0.05) is 26.7 Å². The van der Waals surface area contributed by atoms with E-state index in [2.05, 4.69) is 13.8 Å². The van der Waals surface area contributed by atoms with Gasteiger partial charge in [-0.05, 0) is 18.8 Å². The third-order valence-corrected chi connectivity index (χ3v) is 5.47. The molecule has 0 aromatic heterocycles. The van der Waals surface area contributed by atoms with Crippen molar-refractivity contribution in [3.63, 3.8) is 0 Å². The highest BCUT2D eigenvalue weighted by Crippen LogP contribution is 2.37. The second-order valence-electron chi connectivity index (χ2n) is 5.55. The predicted molar refractivity (Wildman–Crippen MR) is 71.3 cm³/mol. The van der Waals surface area contributed by atoms with Crippen LogP contribution in [-0.2, 0) is 9.59 Å². The molecule has 0 spiro atoms. The summed E-state index contributed by atoms with van der Waals surface area (Å²) in [7, 11) is 0. The molecule has 1 amide bonds. The van der Waals surface area contributed by atoms with Gasteiger partial charge in [0.25, 0.3) is 0 Å². The van der Waals surface area contributed by atoms with Crippen LogP contribution in [0.2, 0.25) is 0 Å². The number of amides is 1. The third kappa shape index (κ3) is 2.51. The lowest BCUT2D eigenvalue weighted by Gasteiger charge is -2.31. The number of thioether (sulfide) groups is 1. The Morgan fingerprint density at radius 2 is 1.89 bits per heavy atom. The maximum absolute atomic E-state index is 12.5. The van der Waals surface area contributed by atoms with E-state index in [1.807, 2.05) is 0 Å². The molecule has 1 aliphatic heterocycles. The van der Waals surface area contributed by atoms with Crippen molar-refractivity contribution in [1.82, 2.24) is 4.90 Å². The monoisotopic (exact) mass is 271 g/mol. The fourth-order valence-corrected chi connectivity index (χ4v) is 4.37. The molecule has 1 N–H and O–H groups in total. The first-order valence-electron chi connectivity index (χ1n) is 6.69. The van der Waals surface area contributed by atoms with Crippen LogP contribution in [0.25, 0.3) is 0 Å². The number of nitrogens with zero attached hydrogens (tertiary/aromatic N) is 1. The Kier molecular flexibility index (Phi) is 4.20. The van der Waals surface area contributed by atoms with E-state index in [1.165, 1.54) is 0 Å². The van der Waals surface area contributed by atoms with Gasteiger partial charge in [-0.25, -0.2) is 4.79 Å². The number of hydrogen-bond donors (Lipinski definition) is 1. The molecule has 2 unspecified atom stereocenters. The largest absolute Gasteiger partial charge is 0.480 e. The Labute approximate surface area is 112 Å². The van der Waals surface area contributed by atoms with Crippen LogP contribution in [0.4, 0.5) is 0 Å². The number of aliphatic carboxylic acids is 1. The SMILES string of the molecule is CC(C)C1SCC(C(=O)O)N1C(=O)C1CCCC1. The maximum atomic E-state index is 12.5. The van der Waals surface area contributed by atoms with Gasteiger partial charge in [0.2, 0.25) is 5.91 Å². The van der Waals surface area contributed by atoms with E-state index in [0.29, 0.717) is 11.7 Å². The summed E-state index contributed by atoms with van der Waals surface area (Å²) in [6, 6.07) is -0.629. The first-order chi connectivity index (χ1) is 8.52. The number of hydrogen-bond acceptors (Lipinski definition) is 3. The highest BCUT2D eigenvalue weighted by Gasteiger charge is 2.44. The molecule has 0 aromatic rings. The quantitative estimate of drug-likeness (QED) is 0.855. The fourth-order valence-electron chi connectivity index (χ4n) is 2.89. The third-order valence-electron chi connectivity index (χ3n) is 3.85. The zero-order valence-electron chi connectivity index (χ0n) is 11.0. The van der Waals surface area contributed by atoms with Gasteiger partial charge >= 0.3 is 5.97 Å². The van der Waals surface area contributed by atoms with E-state index < -0.39 is 12.0 Å². The molecule has 1 heterocycles. The van der Waals surface area contributed by atoms with E-state index in [-0.39, 0.29) is 17.2 Å². The molecule has 18 heavy (non-hydrogen) atoms. The van der Waals surface area contributed by atoms with Gasteiger partial charge < -0.3 is 10.0 Å². The van der Waals surface area contributed by atoms with Crippen molar-refractivity contribution in [3.8, 4) is 0 Å². The molecule has 1 saturated heterocycles. The van der Waals surface area contributed by atoms with Crippen molar-refractivity contribution in [1.29, 1.82) is 0 Å². The molecule has 0 aromatic carbocycles. The molecule has 1 saturated carbocycles. The van der Waals surface area contributed by atoms with Crippen molar-refractivity contribution >= 4 is 23.6 Å². The van der Waals surface area contributed by atoms with E-state index in [1.54, 1.807) is 16.7 Å². The Balaban J connectivity index is 2.17. The minimum atomic E-state index is -0.864. The average molecular weight is 271 g/mol. The van der Waals surface area contributed by atoms with Crippen LogP contribution in [0.1, 0.15) is 39.5 Å². The summed E-state index contributed by atoms with van der Waals surface area (Å²) >= 11 is 1.61. The summed E-state index contributed by atoms with van der Waals surface area (Å²) in [6.07, 6.45) is 4.05. The second-order valence-corrected chi connectivity index (χ2v) is 6.70. The lowest BCUT2D eigenvalue weighted by Crippen LogP contribution is -2.49. The van der Waals surface area contributed by atoms with Gasteiger partial charge in [0, 0.05) is 11.7 Å². The number of carboxylic acids is 1. The van der Waals surface area contributed by atoms with E-state index in [4.69, 9.17) is 0 Å². The molecule has 5 heteroatoms. The van der Waals surface area contributed by atoms with Crippen molar-refractivity contribution in [3.05, 3.63) is 0 Å². The summed E-state index contributed by atoms with van der Waals surface area (Å²) in [5.74, 6) is 0.0912. The lowest BCUT2D eigenvalue weighted by atomic mass is 10.0. The van der Waals surface area contributed by atoms with Crippen molar-refractivity contribution in [2.45, 2.75) is 50.9 Å². The number of carboxylic acid groups (broad SMARTS) is 1. The Hall–Kier alpha value is -0.710.